The number of primary amides is 2. The molecular formula is C22H30N6O10. The minimum Gasteiger partial charge on any atom is -0.508 e. The minimum atomic E-state index is -1.67. The van der Waals surface area contributed by atoms with Crippen molar-refractivity contribution in [2.24, 2.45) is 17.2 Å². The van der Waals surface area contributed by atoms with Crippen LogP contribution in [0.3, 0.4) is 0 Å². The molecule has 0 aromatic heterocycles. The molecule has 0 aliphatic heterocycles. The van der Waals surface area contributed by atoms with Gasteiger partial charge in [0.05, 0.1) is 18.9 Å². The number of nitrogens with one attached hydrogen (secondary N) is 3. The van der Waals surface area contributed by atoms with Crippen LogP contribution in [0.15, 0.2) is 24.3 Å². The van der Waals surface area contributed by atoms with E-state index in [1.807, 2.05) is 0 Å². The molecule has 16 nitrogen and oxygen atoms in total. The van der Waals surface area contributed by atoms with Crippen LogP contribution >= 0.6 is 0 Å². The number of carboxylic acid groups (broad SMARTS) is 2. The lowest BCUT2D eigenvalue weighted by Crippen LogP contribution is -2.58. The van der Waals surface area contributed by atoms with E-state index in [9.17, 15) is 43.8 Å². The van der Waals surface area contributed by atoms with Gasteiger partial charge in [0.1, 0.15) is 23.9 Å². The zero-order chi connectivity index (χ0) is 29.0. The van der Waals surface area contributed by atoms with Gasteiger partial charge in [0, 0.05) is 12.8 Å². The lowest BCUT2D eigenvalue weighted by Gasteiger charge is -2.24. The molecule has 0 bridgehead atoms. The Morgan fingerprint density at radius 1 is 0.737 bits per heavy atom. The van der Waals surface area contributed by atoms with E-state index >= 15 is 0 Å². The summed E-state index contributed by atoms with van der Waals surface area (Å²) in [6.07, 6.45) is -2.49. The molecule has 0 fully saturated rings. The number of nitrogens with two attached hydrogens (primary N) is 3. The maximum Gasteiger partial charge on any atom is 0.326 e. The fraction of sp³-hybridized carbons (Fsp3) is 0.409. The molecule has 4 unspecified atom stereocenters. The van der Waals surface area contributed by atoms with Gasteiger partial charge in [-0.3, -0.25) is 28.8 Å². The monoisotopic (exact) mass is 538 g/mol. The molecule has 0 aliphatic rings. The quantitative estimate of drug-likeness (QED) is 0.0990. The number of hydrogen-bond acceptors (Lipinski definition) is 9. The molecule has 1 rings (SSSR count). The van der Waals surface area contributed by atoms with Crippen LogP contribution in [0.25, 0.3) is 0 Å². The highest BCUT2D eigenvalue weighted by Gasteiger charge is 2.31. The number of benzene rings is 1. The predicted molar refractivity (Wildman–Crippen MR) is 128 cm³/mol. The molecule has 1 aromatic rings. The van der Waals surface area contributed by atoms with Gasteiger partial charge >= 0.3 is 11.9 Å². The number of aromatic hydroxyl groups is 1. The number of carbonyl (C=O) groups excluding carboxylic acids is 5. The largest absolute Gasteiger partial charge is 0.508 e. The standard InChI is InChI=1S/C22H30N6O10/c23-12(8-18(32)33)19(34)27-14(9-17(25)31)21(36)26-13(5-6-16(24)30)20(35)28-15(22(37)38)7-10-1-3-11(29)4-2-10/h1-4,12-15,29H,5-9,23H2,(H2,24,30)(H2,25,31)(H,26,36)(H,27,34)(H,28,35)(H,32,33)(H,37,38). The SMILES string of the molecule is NC(=O)CCC(NC(=O)C(CC(N)=O)NC(=O)C(N)CC(=O)O)C(=O)NC(Cc1ccc(O)cc1)C(=O)O. The maximum absolute atomic E-state index is 12.9. The minimum absolute atomic E-state index is 0.0552. The Kier molecular flexibility index (Phi) is 12.1. The number of hydrogen-bond donors (Lipinski definition) is 9. The average Bonchev–Trinajstić information content (AvgIpc) is 2.80. The second-order valence-electron chi connectivity index (χ2n) is 8.27. The van der Waals surface area contributed by atoms with E-state index in [1.54, 1.807) is 0 Å². The van der Waals surface area contributed by atoms with E-state index in [-0.39, 0.29) is 18.6 Å². The van der Waals surface area contributed by atoms with Gasteiger partial charge in [-0.1, -0.05) is 12.1 Å². The number of carbonyl (C=O) groups is 7. The molecule has 0 spiro atoms. The molecule has 0 heterocycles. The van der Waals surface area contributed by atoms with E-state index in [0.717, 1.165) is 0 Å². The van der Waals surface area contributed by atoms with Crippen LogP contribution in [0.4, 0.5) is 0 Å². The van der Waals surface area contributed by atoms with Crippen LogP contribution in [0, 0.1) is 0 Å². The van der Waals surface area contributed by atoms with E-state index in [1.165, 1.54) is 24.3 Å². The second kappa shape index (κ2) is 14.7. The van der Waals surface area contributed by atoms with Crippen molar-refractivity contribution in [3.63, 3.8) is 0 Å². The summed E-state index contributed by atoms with van der Waals surface area (Å²) in [5, 5.41) is 34.2. The number of amides is 5. The highest BCUT2D eigenvalue weighted by molar-refractivity contribution is 5.96. The fourth-order valence-corrected chi connectivity index (χ4v) is 3.14. The smallest absolute Gasteiger partial charge is 0.326 e. The Morgan fingerprint density at radius 3 is 1.76 bits per heavy atom. The summed E-state index contributed by atoms with van der Waals surface area (Å²) in [6, 6.07) is -0.724. The Bertz CT molecular complexity index is 1060. The first-order valence-electron chi connectivity index (χ1n) is 11.1. The first kappa shape index (κ1) is 31.3. The van der Waals surface area contributed by atoms with Crippen molar-refractivity contribution in [3.8, 4) is 5.75 Å². The van der Waals surface area contributed by atoms with Crippen LogP contribution < -0.4 is 33.2 Å². The first-order valence-corrected chi connectivity index (χ1v) is 11.1. The van der Waals surface area contributed by atoms with Crippen LogP contribution in [0.2, 0.25) is 0 Å². The second-order valence-corrected chi connectivity index (χ2v) is 8.27. The first-order chi connectivity index (χ1) is 17.7. The van der Waals surface area contributed by atoms with Gasteiger partial charge in [0.2, 0.25) is 29.5 Å². The summed E-state index contributed by atoms with van der Waals surface area (Å²) in [5.74, 6) is -7.96. The third-order valence-corrected chi connectivity index (χ3v) is 5.07. The van der Waals surface area contributed by atoms with E-state index < -0.39 is 84.9 Å². The van der Waals surface area contributed by atoms with Gasteiger partial charge < -0.3 is 48.5 Å². The van der Waals surface area contributed by atoms with Crippen molar-refractivity contribution in [2.75, 3.05) is 0 Å². The Balaban J connectivity index is 3.07. The van der Waals surface area contributed by atoms with E-state index in [2.05, 4.69) is 16.0 Å². The Labute approximate surface area is 215 Å². The molecule has 0 saturated carbocycles. The summed E-state index contributed by atoms with van der Waals surface area (Å²) < 4.78 is 0. The molecule has 38 heavy (non-hydrogen) atoms. The molecule has 16 heteroatoms. The summed E-state index contributed by atoms with van der Waals surface area (Å²) in [6.45, 7) is 0. The van der Waals surface area contributed by atoms with Crippen molar-refractivity contribution in [1.82, 2.24) is 16.0 Å². The molecule has 0 aliphatic carbocycles. The lowest BCUT2D eigenvalue weighted by molar-refractivity contribution is -0.142. The maximum atomic E-state index is 12.9. The zero-order valence-corrected chi connectivity index (χ0v) is 20.1. The fourth-order valence-electron chi connectivity index (χ4n) is 3.14. The predicted octanol–water partition coefficient (Wildman–Crippen LogP) is -3.58. The molecule has 1 aromatic carbocycles. The van der Waals surface area contributed by atoms with Gasteiger partial charge in [0.15, 0.2) is 0 Å². The van der Waals surface area contributed by atoms with Gasteiger partial charge in [-0.25, -0.2) is 4.79 Å². The van der Waals surface area contributed by atoms with Crippen molar-refractivity contribution in [2.45, 2.75) is 56.3 Å². The highest BCUT2D eigenvalue weighted by atomic mass is 16.4. The zero-order valence-electron chi connectivity index (χ0n) is 20.1. The molecule has 12 N–H and O–H groups in total. The van der Waals surface area contributed by atoms with E-state index in [4.69, 9.17) is 22.3 Å². The Morgan fingerprint density at radius 2 is 1.26 bits per heavy atom. The highest BCUT2D eigenvalue weighted by Crippen LogP contribution is 2.12. The topological polar surface area (TPSA) is 294 Å². The third kappa shape index (κ3) is 11.3. The molecule has 0 saturated heterocycles. The van der Waals surface area contributed by atoms with Gasteiger partial charge in [-0.05, 0) is 24.1 Å². The van der Waals surface area contributed by atoms with Gasteiger partial charge in [-0.15, -0.1) is 0 Å². The van der Waals surface area contributed by atoms with Crippen molar-refractivity contribution < 1.29 is 48.9 Å². The van der Waals surface area contributed by atoms with Gasteiger partial charge in [0.25, 0.3) is 0 Å². The van der Waals surface area contributed by atoms with Gasteiger partial charge in [-0.2, -0.15) is 0 Å². The molecule has 0 radical (unpaired) electrons. The molecule has 5 amide bonds. The van der Waals surface area contributed by atoms with Crippen molar-refractivity contribution in [1.29, 1.82) is 0 Å². The third-order valence-electron chi connectivity index (χ3n) is 5.07. The number of rotatable bonds is 16. The number of carboxylic acids is 2. The Hall–Kier alpha value is -4.73. The van der Waals surface area contributed by atoms with Crippen LogP contribution in [0.5, 0.6) is 5.75 Å². The summed E-state index contributed by atoms with van der Waals surface area (Å²) >= 11 is 0. The molecular weight excluding hydrogens is 508 g/mol. The van der Waals surface area contributed by atoms with Crippen LogP contribution in [-0.2, 0) is 40.0 Å². The molecule has 208 valence electrons. The van der Waals surface area contributed by atoms with E-state index in [0.29, 0.717) is 5.56 Å². The van der Waals surface area contributed by atoms with Crippen LogP contribution in [-0.4, -0.2) is 81.0 Å². The number of aliphatic carboxylic acids is 2. The number of phenolic OH excluding ortho intramolecular Hbond substituents is 1. The summed E-state index contributed by atoms with van der Waals surface area (Å²) in [5.41, 5.74) is 16.2. The number of phenols is 1. The average molecular weight is 539 g/mol. The van der Waals surface area contributed by atoms with Crippen molar-refractivity contribution >= 4 is 41.5 Å². The molecule has 4 atom stereocenters. The normalized spacial score (nSPS) is 13.7. The summed E-state index contributed by atoms with van der Waals surface area (Å²) in [4.78, 5) is 83.1. The van der Waals surface area contributed by atoms with Crippen LogP contribution in [0.1, 0.15) is 31.2 Å². The lowest BCUT2D eigenvalue weighted by atomic mass is 10.0. The van der Waals surface area contributed by atoms with Crippen molar-refractivity contribution in [3.05, 3.63) is 29.8 Å². The summed E-state index contributed by atoms with van der Waals surface area (Å²) in [7, 11) is 0.